The Balaban J connectivity index is 2.12. The van der Waals surface area contributed by atoms with Gasteiger partial charge in [0, 0.05) is 23.9 Å². The molecule has 2 rings (SSSR count). The Labute approximate surface area is 153 Å². The van der Waals surface area contributed by atoms with Crippen LogP contribution in [0, 0.1) is 6.92 Å². The fraction of sp³-hybridized carbons (Fsp3) is 0.438. The maximum absolute atomic E-state index is 10.6. The highest BCUT2D eigenvalue weighted by atomic mass is 32.3. The minimum Gasteiger partial charge on any atom is -0.369 e. The van der Waals surface area contributed by atoms with Crippen LogP contribution in [0.1, 0.15) is 12.5 Å². The first-order valence-electron chi connectivity index (χ1n) is 8.11. The van der Waals surface area contributed by atoms with Gasteiger partial charge in [-0.3, -0.25) is 4.55 Å². The van der Waals surface area contributed by atoms with E-state index in [9.17, 15) is 8.42 Å². The number of nitrogens with zero attached hydrogens (tertiary/aromatic N) is 5. The number of hydrogen-bond acceptors (Lipinski definition) is 6. The summed E-state index contributed by atoms with van der Waals surface area (Å²) >= 11 is 0. The Morgan fingerprint density at radius 2 is 2.08 bits per heavy atom. The van der Waals surface area contributed by atoms with E-state index in [0.29, 0.717) is 13.1 Å². The van der Waals surface area contributed by atoms with E-state index in [1.165, 1.54) is 0 Å². The second kappa shape index (κ2) is 8.39. The highest BCUT2D eigenvalue weighted by molar-refractivity contribution is 7.80. The second-order valence-electron chi connectivity index (χ2n) is 5.82. The molecule has 142 valence electrons. The van der Waals surface area contributed by atoms with Crippen molar-refractivity contribution >= 4 is 27.7 Å². The third-order valence-corrected chi connectivity index (χ3v) is 4.38. The molecule has 0 bridgehead atoms. The number of anilines is 1. The van der Waals surface area contributed by atoms with Gasteiger partial charge in [0.2, 0.25) is 0 Å². The van der Waals surface area contributed by atoms with Crippen LogP contribution in [-0.2, 0) is 28.7 Å². The van der Waals surface area contributed by atoms with E-state index in [1.54, 1.807) is 0 Å². The Bertz CT molecular complexity index is 873. The van der Waals surface area contributed by atoms with Crippen LogP contribution >= 0.6 is 0 Å². The summed E-state index contributed by atoms with van der Waals surface area (Å²) in [4.78, 5) is 1.94. The third-order valence-electron chi connectivity index (χ3n) is 3.91. The van der Waals surface area contributed by atoms with Crippen molar-refractivity contribution in [3.8, 4) is 0 Å². The topological polar surface area (TPSA) is 100 Å². The van der Waals surface area contributed by atoms with Gasteiger partial charge >= 0.3 is 16.3 Å². The van der Waals surface area contributed by atoms with Gasteiger partial charge in [0.15, 0.2) is 0 Å². The molecular weight excluding hydrogens is 358 g/mol. The number of benzene rings is 1. The predicted octanol–water partition coefficient (Wildman–Crippen LogP) is 2.22. The number of rotatable bonds is 8. The summed E-state index contributed by atoms with van der Waals surface area (Å²) in [6.45, 7) is 4.75. The number of azo groups is 1. The zero-order valence-corrected chi connectivity index (χ0v) is 16.1. The number of hydrogen-bond donors (Lipinski definition) is 1. The van der Waals surface area contributed by atoms with Crippen molar-refractivity contribution in [3.63, 3.8) is 0 Å². The summed E-state index contributed by atoms with van der Waals surface area (Å²) in [6.07, 6.45) is 3.80. The monoisotopic (exact) mass is 382 g/mol. The van der Waals surface area contributed by atoms with E-state index in [0.717, 1.165) is 22.9 Å². The van der Waals surface area contributed by atoms with E-state index < -0.39 is 10.4 Å². The molecule has 0 atom stereocenters. The van der Waals surface area contributed by atoms with Crippen LogP contribution in [0.5, 0.6) is 0 Å². The second-order valence-corrected chi connectivity index (χ2v) is 6.91. The molecule has 26 heavy (non-hydrogen) atoms. The van der Waals surface area contributed by atoms with Gasteiger partial charge in [0.1, 0.15) is 5.69 Å². The minimum absolute atomic E-state index is 0.128. The molecule has 0 aliphatic rings. The van der Waals surface area contributed by atoms with Gasteiger partial charge in [-0.05, 0) is 37.6 Å². The SMILES string of the molecule is CCN(CCOS(=O)(=O)O)c1ccc(N=Nc2n(C)cc[n+]2C)c(C)c1. The Morgan fingerprint density at radius 1 is 1.35 bits per heavy atom. The molecule has 0 radical (unpaired) electrons. The molecule has 10 heteroatoms. The summed E-state index contributed by atoms with van der Waals surface area (Å²) < 4.78 is 38.1. The molecular formula is C16H24N5O4S+. The molecule has 0 amide bonds. The van der Waals surface area contributed by atoms with Crippen LogP contribution in [0.3, 0.4) is 0 Å². The smallest absolute Gasteiger partial charge is 0.369 e. The highest BCUT2D eigenvalue weighted by Crippen LogP contribution is 2.26. The van der Waals surface area contributed by atoms with Gasteiger partial charge in [-0.15, -0.1) is 0 Å². The Morgan fingerprint density at radius 3 is 2.62 bits per heavy atom. The molecule has 0 aliphatic heterocycles. The maximum Gasteiger partial charge on any atom is 0.421 e. The molecule has 0 saturated carbocycles. The van der Waals surface area contributed by atoms with Crippen LogP contribution in [-0.4, -0.2) is 37.2 Å². The first-order chi connectivity index (χ1) is 12.2. The number of aryl methyl sites for hydroxylation is 3. The first kappa shape index (κ1) is 20.0. The zero-order valence-electron chi connectivity index (χ0n) is 15.3. The molecule has 0 spiro atoms. The van der Waals surface area contributed by atoms with E-state index >= 15 is 0 Å². The lowest BCUT2D eigenvalue weighted by Gasteiger charge is -2.23. The minimum atomic E-state index is -4.42. The molecule has 0 saturated heterocycles. The Hall–Kier alpha value is -2.30. The summed E-state index contributed by atoms with van der Waals surface area (Å²) in [5, 5.41) is 8.61. The van der Waals surface area contributed by atoms with Crippen molar-refractivity contribution in [3.05, 3.63) is 36.2 Å². The van der Waals surface area contributed by atoms with Gasteiger partial charge in [0.05, 0.1) is 33.1 Å². The molecule has 1 heterocycles. The van der Waals surface area contributed by atoms with Gasteiger partial charge < -0.3 is 4.90 Å². The fourth-order valence-corrected chi connectivity index (χ4v) is 2.78. The lowest BCUT2D eigenvalue weighted by Crippen LogP contribution is -2.28. The molecule has 0 aliphatic carbocycles. The summed E-state index contributed by atoms with van der Waals surface area (Å²) in [6, 6.07) is 5.71. The van der Waals surface area contributed by atoms with E-state index in [1.807, 2.05) is 72.6 Å². The number of aromatic nitrogens is 2. The van der Waals surface area contributed by atoms with Gasteiger partial charge in [-0.25, -0.2) is 13.3 Å². The third kappa shape index (κ3) is 5.35. The van der Waals surface area contributed by atoms with Crippen molar-refractivity contribution in [2.75, 3.05) is 24.6 Å². The molecule has 1 N–H and O–H groups in total. The summed E-state index contributed by atoms with van der Waals surface area (Å²) in [5.41, 5.74) is 2.60. The predicted molar refractivity (Wildman–Crippen MR) is 97.3 cm³/mol. The molecule has 0 unspecified atom stereocenters. The van der Waals surface area contributed by atoms with Crippen LogP contribution in [0.2, 0.25) is 0 Å². The van der Waals surface area contributed by atoms with Crippen LogP contribution < -0.4 is 9.47 Å². The average Bonchev–Trinajstić information content (AvgIpc) is 2.88. The molecule has 1 aromatic carbocycles. The Kier molecular flexibility index (Phi) is 6.46. The highest BCUT2D eigenvalue weighted by Gasteiger charge is 2.12. The van der Waals surface area contributed by atoms with E-state index in [4.69, 9.17) is 4.55 Å². The molecule has 0 fully saturated rings. The van der Waals surface area contributed by atoms with Crippen LogP contribution in [0.25, 0.3) is 0 Å². The van der Waals surface area contributed by atoms with Crippen LogP contribution in [0.4, 0.5) is 17.3 Å². The summed E-state index contributed by atoms with van der Waals surface area (Å²) in [5.74, 6) is 0.728. The maximum atomic E-state index is 10.6. The number of imidazole rings is 1. The average molecular weight is 382 g/mol. The van der Waals surface area contributed by atoms with Gasteiger partial charge in [-0.2, -0.15) is 8.42 Å². The summed E-state index contributed by atoms with van der Waals surface area (Å²) in [7, 11) is -0.617. The van der Waals surface area contributed by atoms with Crippen molar-refractivity contribution in [2.45, 2.75) is 13.8 Å². The molecule has 1 aromatic heterocycles. The first-order valence-corrected chi connectivity index (χ1v) is 9.48. The number of likely N-dealkylation sites (N-methyl/N-ethyl adjacent to an activating group) is 1. The standard InChI is InChI=1S/C16H23N5O4S/c1-5-21(10-11-25-26(22,23)24)14-6-7-15(13(2)12-14)17-18-16-19(3)8-9-20(16)4/h6-9,12H,5,10-11H2,1-4H3/p+1. The quantitative estimate of drug-likeness (QED) is 0.429. The van der Waals surface area contributed by atoms with Gasteiger partial charge in [0.25, 0.3) is 0 Å². The lowest BCUT2D eigenvalue weighted by atomic mass is 10.1. The normalized spacial score (nSPS) is 12.0. The molecule has 9 nitrogen and oxygen atoms in total. The lowest BCUT2D eigenvalue weighted by molar-refractivity contribution is -0.657. The van der Waals surface area contributed by atoms with Crippen molar-refractivity contribution in [2.24, 2.45) is 24.3 Å². The van der Waals surface area contributed by atoms with E-state index in [2.05, 4.69) is 14.4 Å². The van der Waals surface area contributed by atoms with Gasteiger partial charge in [-0.1, -0.05) is 5.11 Å². The van der Waals surface area contributed by atoms with Crippen LogP contribution in [0.15, 0.2) is 40.8 Å². The van der Waals surface area contributed by atoms with Crippen molar-refractivity contribution in [1.82, 2.24) is 4.57 Å². The molecule has 2 aromatic rings. The zero-order chi connectivity index (χ0) is 19.3. The largest absolute Gasteiger partial charge is 0.421 e. The van der Waals surface area contributed by atoms with Crippen molar-refractivity contribution in [1.29, 1.82) is 0 Å². The van der Waals surface area contributed by atoms with E-state index in [-0.39, 0.29) is 6.61 Å². The fourth-order valence-electron chi connectivity index (χ4n) is 2.49. The van der Waals surface area contributed by atoms with Crippen molar-refractivity contribution < 1.29 is 21.7 Å².